The highest BCUT2D eigenvalue weighted by atomic mass is 32.2. The molecule has 0 aromatic carbocycles. The molecule has 13 heavy (non-hydrogen) atoms. The summed E-state index contributed by atoms with van der Waals surface area (Å²) in [6, 6.07) is 0. The molecule has 5 heteroatoms. The Morgan fingerprint density at radius 3 is 2.23 bits per heavy atom. The van der Waals surface area contributed by atoms with Crippen LogP contribution in [0, 0.1) is 11.8 Å². The molecule has 1 aliphatic heterocycles. The van der Waals surface area contributed by atoms with Crippen molar-refractivity contribution >= 4 is 10.1 Å². The summed E-state index contributed by atoms with van der Waals surface area (Å²) in [4.78, 5) is 0. The van der Waals surface area contributed by atoms with Gasteiger partial charge in [0.05, 0.1) is 37.3 Å². The van der Waals surface area contributed by atoms with Crippen molar-refractivity contribution in [2.45, 2.75) is 6.92 Å². The first-order valence-corrected chi connectivity index (χ1v) is 6.03. The van der Waals surface area contributed by atoms with Crippen LogP contribution < -0.4 is 0 Å². The predicted molar refractivity (Wildman–Crippen MR) is 49.1 cm³/mol. The summed E-state index contributed by atoms with van der Waals surface area (Å²) in [7, 11) is 0.0762. The molecule has 1 saturated heterocycles. The Kier molecular flexibility index (Phi) is 2.71. The zero-order valence-corrected chi connectivity index (χ0v) is 9.17. The van der Waals surface area contributed by atoms with E-state index in [-0.39, 0.29) is 11.7 Å². The molecule has 1 aliphatic rings. The maximum absolute atomic E-state index is 10.6. The van der Waals surface area contributed by atoms with Crippen LogP contribution in [-0.4, -0.2) is 50.4 Å². The molecule has 4 nitrogen and oxygen atoms in total. The first kappa shape index (κ1) is 10.9. The molecule has 1 fully saturated rings. The first-order valence-electron chi connectivity index (χ1n) is 4.45. The highest BCUT2D eigenvalue weighted by molar-refractivity contribution is 7.85. The molecular weight excluding hydrogens is 190 g/mol. The molecule has 0 N–H and O–H groups in total. The maximum atomic E-state index is 10.6. The summed E-state index contributed by atoms with van der Waals surface area (Å²) in [6.07, 6.45) is 0. The fraction of sp³-hybridized carbons (Fsp3) is 1.00. The van der Waals surface area contributed by atoms with E-state index in [1.54, 1.807) is 0 Å². The standard InChI is InChI=1S/C8H17NO3S/c1-7-4-9(2,3)5-8(7)6-13(10,11)12/h7-8H,4-6H2,1-3H3. The minimum Gasteiger partial charge on any atom is -0.748 e. The van der Waals surface area contributed by atoms with E-state index in [1.165, 1.54) is 0 Å². The van der Waals surface area contributed by atoms with Crippen molar-refractivity contribution in [1.29, 1.82) is 0 Å². The average molecular weight is 207 g/mol. The van der Waals surface area contributed by atoms with E-state index in [0.717, 1.165) is 17.6 Å². The molecule has 1 heterocycles. The van der Waals surface area contributed by atoms with Gasteiger partial charge in [-0.25, -0.2) is 8.42 Å². The van der Waals surface area contributed by atoms with Gasteiger partial charge >= 0.3 is 0 Å². The Hall–Kier alpha value is -0.130. The average Bonchev–Trinajstić information content (AvgIpc) is 2.00. The van der Waals surface area contributed by atoms with E-state index in [0.29, 0.717) is 5.92 Å². The van der Waals surface area contributed by atoms with Crippen LogP contribution in [-0.2, 0) is 10.1 Å². The quantitative estimate of drug-likeness (QED) is 0.468. The summed E-state index contributed by atoms with van der Waals surface area (Å²) >= 11 is 0. The summed E-state index contributed by atoms with van der Waals surface area (Å²) in [5.74, 6) is 0.173. The van der Waals surface area contributed by atoms with E-state index in [1.807, 2.05) is 6.92 Å². The van der Waals surface area contributed by atoms with Gasteiger partial charge in [-0.2, -0.15) is 0 Å². The predicted octanol–water partition coefficient (Wildman–Crippen LogP) is -0.126. The van der Waals surface area contributed by atoms with Gasteiger partial charge in [0.15, 0.2) is 0 Å². The minimum atomic E-state index is -4.05. The van der Waals surface area contributed by atoms with Crippen LogP contribution in [0.15, 0.2) is 0 Å². The molecule has 0 spiro atoms. The SMILES string of the molecule is CC1C[N+](C)(C)CC1CS(=O)(=O)[O-]. The second-order valence-electron chi connectivity index (χ2n) is 4.76. The lowest BCUT2D eigenvalue weighted by Gasteiger charge is -2.23. The topological polar surface area (TPSA) is 57.2 Å². The van der Waals surface area contributed by atoms with Gasteiger partial charge in [0.25, 0.3) is 0 Å². The summed E-state index contributed by atoms with van der Waals surface area (Å²) in [5, 5.41) is 0. The Labute approximate surface area is 79.9 Å². The van der Waals surface area contributed by atoms with Crippen LogP contribution >= 0.6 is 0 Å². The van der Waals surface area contributed by atoms with Gasteiger partial charge in [0, 0.05) is 17.6 Å². The Bertz CT molecular complexity index is 284. The van der Waals surface area contributed by atoms with Crippen LogP contribution in [0.5, 0.6) is 0 Å². The van der Waals surface area contributed by atoms with Crippen molar-refractivity contribution in [2.24, 2.45) is 11.8 Å². The van der Waals surface area contributed by atoms with E-state index in [4.69, 9.17) is 0 Å². The number of nitrogens with zero attached hydrogens (tertiary/aromatic N) is 1. The summed E-state index contributed by atoms with van der Waals surface area (Å²) in [5.41, 5.74) is 0. The van der Waals surface area contributed by atoms with Crippen molar-refractivity contribution < 1.29 is 17.5 Å². The number of likely N-dealkylation sites (tertiary alicyclic amines) is 1. The summed E-state index contributed by atoms with van der Waals surface area (Å²) in [6.45, 7) is 3.77. The fourth-order valence-electron chi connectivity index (χ4n) is 2.30. The van der Waals surface area contributed by atoms with Gasteiger partial charge in [-0.15, -0.1) is 0 Å². The first-order chi connectivity index (χ1) is 5.70. The van der Waals surface area contributed by atoms with Crippen molar-refractivity contribution in [1.82, 2.24) is 0 Å². The third kappa shape index (κ3) is 3.25. The van der Waals surface area contributed by atoms with E-state index < -0.39 is 10.1 Å². The van der Waals surface area contributed by atoms with Crippen molar-refractivity contribution in [3.8, 4) is 0 Å². The molecule has 0 radical (unpaired) electrons. The molecule has 0 aromatic heterocycles. The van der Waals surface area contributed by atoms with Crippen LogP contribution in [0.1, 0.15) is 6.92 Å². The Balaban J connectivity index is 2.64. The zero-order chi connectivity index (χ0) is 10.3. The van der Waals surface area contributed by atoms with Gasteiger partial charge in [-0.05, 0) is 0 Å². The molecule has 78 valence electrons. The van der Waals surface area contributed by atoms with Crippen LogP contribution in [0.25, 0.3) is 0 Å². The molecule has 2 unspecified atom stereocenters. The fourth-order valence-corrected chi connectivity index (χ4v) is 3.26. The van der Waals surface area contributed by atoms with Crippen molar-refractivity contribution in [3.63, 3.8) is 0 Å². The lowest BCUT2D eigenvalue weighted by atomic mass is 10.0. The smallest absolute Gasteiger partial charge is 0.0951 e. The molecule has 1 rings (SSSR count). The molecule has 2 atom stereocenters. The van der Waals surface area contributed by atoms with Gasteiger partial charge in [-0.3, -0.25) is 0 Å². The Morgan fingerprint density at radius 1 is 1.38 bits per heavy atom. The van der Waals surface area contributed by atoms with Crippen LogP contribution in [0.3, 0.4) is 0 Å². The van der Waals surface area contributed by atoms with Crippen molar-refractivity contribution in [3.05, 3.63) is 0 Å². The third-order valence-electron chi connectivity index (χ3n) is 2.73. The highest BCUT2D eigenvalue weighted by Gasteiger charge is 2.37. The normalized spacial score (nSPS) is 33.5. The van der Waals surface area contributed by atoms with Crippen LogP contribution in [0.4, 0.5) is 0 Å². The number of hydrogen-bond acceptors (Lipinski definition) is 3. The van der Waals surface area contributed by atoms with Gasteiger partial charge < -0.3 is 9.04 Å². The molecular formula is C8H17NO3S. The summed E-state index contributed by atoms with van der Waals surface area (Å²) < 4.78 is 32.6. The van der Waals surface area contributed by atoms with Gasteiger partial charge in [0.1, 0.15) is 0 Å². The minimum absolute atomic E-state index is 0.0394. The van der Waals surface area contributed by atoms with Gasteiger partial charge in [-0.1, -0.05) is 6.92 Å². The molecule has 0 aromatic rings. The van der Waals surface area contributed by atoms with Crippen molar-refractivity contribution in [2.75, 3.05) is 32.9 Å². The molecule has 0 aliphatic carbocycles. The monoisotopic (exact) mass is 207 g/mol. The van der Waals surface area contributed by atoms with E-state index in [2.05, 4.69) is 14.1 Å². The lowest BCUT2D eigenvalue weighted by molar-refractivity contribution is -0.880. The number of hydrogen-bond donors (Lipinski definition) is 0. The maximum Gasteiger partial charge on any atom is 0.0951 e. The third-order valence-corrected chi connectivity index (χ3v) is 3.57. The van der Waals surface area contributed by atoms with E-state index in [9.17, 15) is 13.0 Å². The van der Waals surface area contributed by atoms with E-state index >= 15 is 0 Å². The lowest BCUT2D eigenvalue weighted by Crippen LogP contribution is -2.37. The second-order valence-corrected chi connectivity index (χ2v) is 6.21. The number of rotatable bonds is 2. The number of quaternary nitrogens is 1. The molecule has 0 saturated carbocycles. The molecule has 0 bridgehead atoms. The largest absolute Gasteiger partial charge is 0.748 e. The molecule has 0 amide bonds. The highest BCUT2D eigenvalue weighted by Crippen LogP contribution is 2.27. The van der Waals surface area contributed by atoms with Crippen LogP contribution in [0.2, 0.25) is 0 Å². The Morgan fingerprint density at radius 2 is 1.92 bits per heavy atom. The zero-order valence-electron chi connectivity index (χ0n) is 8.36. The van der Waals surface area contributed by atoms with Gasteiger partial charge in [0.2, 0.25) is 0 Å². The second kappa shape index (κ2) is 3.22.